The van der Waals surface area contributed by atoms with E-state index < -0.39 is 53.3 Å². The minimum absolute atomic E-state index is 0.0990. The molecular weight excluding hydrogens is 340 g/mol. The Labute approximate surface area is 139 Å². The maximum atomic E-state index is 11.7. The maximum absolute atomic E-state index is 11.7. The van der Waals surface area contributed by atoms with Crippen LogP contribution in [0.25, 0.3) is 0 Å². The molecule has 0 spiro atoms. The fraction of sp³-hybridized carbons (Fsp3) is 0.429. The lowest BCUT2D eigenvalue weighted by molar-refractivity contribution is -0.135. The van der Waals surface area contributed by atoms with Crippen molar-refractivity contribution in [1.82, 2.24) is 9.55 Å². The fourth-order valence-corrected chi connectivity index (χ4v) is 2.51. The van der Waals surface area contributed by atoms with Gasteiger partial charge >= 0.3 is 17.6 Å². The van der Waals surface area contributed by atoms with E-state index in [2.05, 4.69) is 0 Å². The van der Waals surface area contributed by atoms with E-state index >= 15 is 0 Å². The highest BCUT2D eigenvalue weighted by molar-refractivity contribution is 5.94. The van der Waals surface area contributed by atoms with Crippen molar-refractivity contribution in [3.05, 3.63) is 44.8 Å². The molecule has 0 unspecified atom stereocenters. The van der Waals surface area contributed by atoms with E-state index in [-0.39, 0.29) is 12.8 Å². The molecule has 0 amide bonds. The summed E-state index contributed by atoms with van der Waals surface area (Å²) in [4.78, 5) is 46.4. The summed E-state index contributed by atoms with van der Waals surface area (Å²) in [5.41, 5.74) is -1.89. The summed E-state index contributed by atoms with van der Waals surface area (Å²) in [5, 5.41) is 37.6. The molecule has 1 aliphatic rings. The number of carboxylic acid groups (broad SMARTS) is 2. The van der Waals surface area contributed by atoms with Crippen molar-refractivity contribution in [3.63, 3.8) is 0 Å². The van der Waals surface area contributed by atoms with Gasteiger partial charge in [-0.05, 0) is 12.8 Å². The number of aromatic amines is 1. The third-order valence-electron chi connectivity index (χ3n) is 3.73. The molecule has 0 radical (unpaired) electrons. The molecular formula is C14H16N2O9. The highest BCUT2D eigenvalue weighted by Crippen LogP contribution is 2.31. The highest BCUT2D eigenvalue weighted by Gasteiger charge is 2.43. The molecule has 0 aliphatic carbocycles. The van der Waals surface area contributed by atoms with E-state index in [1.807, 2.05) is 4.98 Å². The number of aliphatic hydroxyl groups is 2. The van der Waals surface area contributed by atoms with Crippen molar-refractivity contribution in [2.45, 2.75) is 37.4 Å². The van der Waals surface area contributed by atoms with Gasteiger partial charge in [-0.1, -0.05) is 0 Å². The number of rotatable bonds is 6. The van der Waals surface area contributed by atoms with Gasteiger partial charge in [0.2, 0.25) is 0 Å². The van der Waals surface area contributed by atoms with Crippen molar-refractivity contribution in [1.29, 1.82) is 0 Å². The van der Waals surface area contributed by atoms with Crippen LogP contribution >= 0.6 is 0 Å². The second-order valence-electron chi connectivity index (χ2n) is 5.42. The summed E-state index contributed by atoms with van der Waals surface area (Å²) in [6, 6.07) is 1.04. The van der Waals surface area contributed by atoms with Gasteiger partial charge in [0.1, 0.15) is 12.2 Å². The monoisotopic (exact) mass is 356 g/mol. The molecule has 4 atom stereocenters. The smallest absolute Gasteiger partial charge is 0.331 e. The third kappa shape index (κ3) is 4.21. The number of ether oxygens (including phenoxy) is 1. The topological polar surface area (TPSA) is 179 Å². The number of carbonyl (C=O) groups is 2. The number of aliphatic carboxylic acids is 2. The van der Waals surface area contributed by atoms with Crippen LogP contribution in [0.4, 0.5) is 0 Å². The first kappa shape index (κ1) is 18.6. The molecule has 1 fully saturated rings. The minimum atomic E-state index is -1.50. The predicted molar refractivity (Wildman–Crippen MR) is 79.8 cm³/mol. The first-order chi connectivity index (χ1) is 11.7. The molecule has 11 heteroatoms. The van der Waals surface area contributed by atoms with Gasteiger partial charge < -0.3 is 25.2 Å². The van der Waals surface area contributed by atoms with E-state index in [0.717, 1.165) is 16.8 Å². The Bertz CT molecular complexity index is 809. The van der Waals surface area contributed by atoms with E-state index in [1.165, 1.54) is 0 Å². The average molecular weight is 356 g/mol. The van der Waals surface area contributed by atoms with E-state index in [1.54, 1.807) is 0 Å². The van der Waals surface area contributed by atoms with Crippen LogP contribution in [0.5, 0.6) is 0 Å². The number of nitrogens with one attached hydrogen (secondary N) is 1. The van der Waals surface area contributed by atoms with Crippen molar-refractivity contribution in [3.8, 4) is 0 Å². The zero-order chi connectivity index (χ0) is 18.7. The average Bonchev–Trinajstić information content (AvgIpc) is 2.79. The normalized spacial score (nSPS) is 26.6. The first-order valence-electron chi connectivity index (χ1n) is 7.20. The molecule has 0 bridgehead atoms. The van der Waals surface area contributed by atoms with Gasteiger partial charge in [0, 0.05) is 23.9 Å². The molecule has 1 aliphatic heterocycles. The Morgan fingerprint density at radius 3 is 2.48 bits per heavy atom. The van der Waals surface area contributed by atoms with E-state index in [0.29, 0.717) is 6.08 Å². The molecule has 0 saturated carbocycles. The van der Waals surface area contributed by atoms with Gasteiger partial charge in [-0.15, -0.1) is 0 Å². The van der Waals surface area contributed by atoms with Crippen LogP contribution in [-0.2, 0) is 14.3 Å². The van der Waals surface area contributed by atoms with Crippen LogP contribution in [0.15, 0.2) is 33.5 Å². The van der Waals surface area contributed by atoms with Crippen LogP contribution in [-0.4, -0.2) is 60.2 Å². The van der Waals surface area contributed by atoms with Crippen molar-refractivity contribution < 1.29 is 34.8 Å². The molecule has 0 aromatic carbocycles. The van der Waals surface area contributed by atoms with Crippen molar-refractivity contribution in [2.75, 3.05) is 0 Å². The quantitative estimate of drug-likeness (QED) is 0.361. The molecule has 25 heavy (non-hydrogen) atoms. The number of hydrogen-bond donors (Lipinski definition) is 5. The zero-order valence-electron chi connectivity index (χ0n) is 12.7. The number of H-pyrrole nitrogens is 1. The van der Waals surface area contributed by atoms with Crippen LogP contribution in [0.3, 0.4) is 0 Å². The molecule has 2 rings (SSSR count). The number of carboxylic acids is 2. The molecule has 11 nitrogen and oxygen atoms in total. The minimum Gasteiger partial charge on any atom is -0.478 e. The Morgan fingerprint density at radius 1 is 1.24 bits per heavy atom. The third-order valence-corrected chi connectivity index (χ3v) is 3.73. The Balaban J connectivity index is 2.14. The maximum Gasteiger partial charge on any atom is 0.331 e. The van der Waals surface area contributed by atoms with Gasteiger partial charge in [0.15, 0.2) is 6.23 Å². The lowest BCUT2D eigenvalue weighted by Gasteiger charge is -2.16. The van der Waals surface area contributed by atoms with Gasteiger partial charge in [0.05, 0.1) is 6.10 Å². The summed E-state index contributed by atoms with van der Waals surface area (Å²) in [6.07, 6.45) is -3.94. The van der Waals surface area contributed by atoms with Gasteiger partial charge in [-0.25, -0.2) is 14.4 Å². The summed E-state index contributed by atoms with van der Waals surface area (Å²) >= 11 is 0. The highest BCUT2D eigenvalue weighted by atomic mass is 16.6. The Hall–Kier alpha value is -2.76. The zero-order valence-corrected chi connectivity index (χ0v) is 12.7. The van der Waals surface area contributed by atoms with Crippen molar-refractivity contribution >= 4 is 11.9 Å². The van der Waals surface area contributed by atoms with E-state index in [4.69, 9.17) is 14.9 Å². The molecule has 1 aromatic heterocycles. The Morgan fingerprint density at radius 2 is 1.92 bits per heavy atom. The second kappa shape index (κ2) is 7.42. The van der Waals surface area contributed by atoms with Gasteiger partial charge in [0.25, 0.3) is 5.56 Å². The molecule has 136 valence electrons. The second-order valence-corrected chi connectivity index (χ2v) is 5.42. The summed E-state index contributed by atoms with van der Waals surface area (Å²) in [7, 11) is 0. The van der Waals surface area contributed by atoms with E-state index in [9.17, 15) is 29.4 Å². The number of aliphatic hydroxyl groups excluding tert-OH is 2. The summed E-state index contributed by atoms with van der Waals surface area (Å²) in [5.74, 6) is -2.85. The van der Waals surface area contributed by atoms with Gasteiger partial charge in [-0.3, -0.25) is 14.3 Å². The molecule has 5 N–H and O–H groups in total. The van der Waals surface area contributed by atoms with Gasteiger partial charge in [-0.2, -0.15) is 0 Å². The number of nitrogens with zero attached hydrogens (tertiary/aromatic N) is 1. The molecule has 2 heterocycles. The Kier molecular flexibility index (Phi) is 5.51. The standard InChI is InChI=1S/C14H16N2O9/c17-8-3-4-16(14(24)15-8)12-11(21)10(20)7(25-12)2-1-6(13(22)23)5-9(18)19/h3-5,7,10-12,20-21H,1-2H2,(H,18,19)(H,22,23)(H,15,17,24)/b6-5-/t7-,10-,11-,12-/m1/s1. The first-order valence-corrected chi connectivity index (χ1v) is 7.20. The number of aromatic nitrogens is 2. The van der Waals surface area contributed by atoms with Crippen LogP contribution < -0.4 is 11.2 Å². The lowest BCUT2D eigenvalue weighted by atomic mass is 10.0. The SMILES string of the molecule is O=C(O)/C=C(/CC[C@H]1O[C@@H](n2ccc(=O)[nH]c2=O)[C@H](O)[C@@H]1O)C(=O)O. The van der Waals surface area contributed by atoms with Crippen LogP contribution in [0, 0.1) is 0 Å². The molecule has 1 aromatic rings. The van der Waals surface area contributed by atoms with Crippen LogP contribution in [0.2, 0.25) is 0 Å². The van der Waals surface area contributed by atoms with Crippen LogP contribution in [0.1, 0.15) is 19.1 Å². The largest absolute Gasteiger partial charge is 0.478 e. The number of hydrogen-bond acceptors (Lipinski definition) is 7. The fourth-order valence-electron chi connectivity index (χ4n) is 2.51. The lowest BCUT2D eigenvalue weighted by Crippen LogP contribution is -2.37. The predicted octanol–water partition coefficient (Wildman–Crippen LogP) is -1.97. The molecule has 1 saturated heterocycles. The summed E-state index contributed by atoms with van der Waals surface area (Å²) in [6.45, 7) is 0. The van der Waals surface area contributed by atoms with Crippen molar-refractivity contribution in [2.24, 2.45) is 0 Å². The summed E-state index contributed by atoms with van der Waals surface area (Å²) < 4.78 is 6.29.